The average molecular weight is 471 g/mol. The first-order chi connectivity index (χ1) is 11.8. The van der Waals surface area contributed by atoms with Crippen molar-refractivity contribution in [3.63, 3.8) is 0 Å². The van der Waals surface area contributed by atoms with Gasteiger partial charge in [-0.2, -0.15) is 11.1 Å². The smallest absolute Gasteiger partial charge is 0.183 e. The molecular formula is C18H46Cl3NO2Si2. The van der Waals surface area contributed by atoms with E-state index in [2.05, 4.69) is 65.0 Å². The third-order valence-electron chi connectivity index (χ3n) is 2.45. The van der Waals surface area contributed by atoms with Gasteiger partial charge >= 0.3 is 0 Å². The van der Waals surface area contributed by atoms with Crippen molar-refractivity contribution in [1.82, 2.24) is 4.90 Å². The Morgan fingerprint density at radius 3 is 1.27 bits per heavy atom. The Labute approximate surface area is 181 Å². The molecule has 3 nitrogen and oxygen atoms in total. The Morgan fingerprint density at radius 2 is 1.15 bits per heavy atom. The number of rotatable bonds is 9. The van der Waals surface area contributed by atoms with Crippen LogP contribution >= 0.6 is 34.3 Å². The van der Waals surface area contributed by atoms with Gasteiger partial charge in [0.15, 0.2) is 8.32 Å². The summed E-state index contributed by atoms with van der Waals surface area (Å²) in [5, 5.41) is 7.98. The molecule has 0 unspecified atom stereocenters. The van der Waals surface area contributed by atoms with Crippen molar-refractivity contribution < 1.29 is 9.53 Å². The van der Waals surface area contributed by atoms with E-state index in [1.807, 2.05) is 0 Å². The summed E-state index contributed by atoms with van der Waals surface area (Å²) in [5.74, 6) is 1.28. The number of nitrogens with zero attached hydrogens (tertiary/aromatic N) is 1. The van der Waals surface area contributed by atoms with Gasteiger partial charge < -0.3 is 14.4 Å². The standard InChI is InChI=1S/C6H15ClOSi.C6H15N.C3H7ClO.C3H9ClSi/c1-9(2,3)8-6-4-5-7;1-4-7(5-2)6-3;4-2-1-3-5;1-5(2,3)4/h4-6H2,1-3H3;4-6H2,1-3H3;5H,1-3H2;1-3H3. The highest BCUT2D eigenvalue weighted by atomic mass is 35.6. The molecule has 0 bridgehead atoms. The van der Waals surface area contributed by atoms with Gasteiger partial charge in [0.25, 0.3) is 0 Å². The van der Waals surface area contributed by atoms with Crippen LogP contribution in [-0.4, -0.2) is 70.3 Å². The molecule has 0 aliphatic rings. The molecule has 0 atom stereocenters. The highest BCUT2D eigenvalue weighted by Crippen LogP contribution is 2.03. The zero-order valence-corrected chi connectivity index (χ0v) is 23.1. The number of alkyl halides is 2. The Balaban J connectivity index is -0.000000128. The van der Waals surface area contributed by atoms with Crippen LogP contribution in [0.5, 0.6) is 0 Å². The molecule has 0 saturated carbocycles. The van der Waals surface area contributed by atoms with Gasteiger partial charge in [0.2, 0.25) is 0 Å². The Hall–Kier alpha value is 1.18. The monoisotopic (exact) mass is 469 g/mol. The second kappa shape index (κ2) is 24.2. The van der Waals surface area contributed by atoms with Crippen LogP contribution in [0.15, 0.2) is 0 Å². The lowest BCUT2D eigenvalue weighted by Gasteiger charge is -2.15. The molecule has 0 saturated heterocycles. The minimum atomic E-state index is -1.25. The summed E-state index contributed by atoms with van der Waals surface area (Å²) < 4.78 is 5.52. The zero-order chi connectivity index (χ0) is 21.6. The topological polar surface area (TPSA) is 32.7 Å². The van der Waals surface area contributed by atoms with Gasteiger partial charge in [0.1, 0.15) is 7.38 Å². The van der Waals surface area contributed by atoms with Crippen molar-refractivity contribution in [3.05, 3.63) is 0 Å². The lowest BCUT2D eigenvalue weighted by molar-refractivity contribution is 0.296. The fourth-order valence-corrected chi connectivity index (χ4v) is 2.15. The van der Waals surface area contributed by atoms with E-state index in [1.54, 1.807) is 0 Å². The highest BCUT2D eigenvalue weighted by Gasteiger charge is 2.12. The Kier molecular flexibility index (Phi) is 32.3. The fourth-order valence-electron chi connectivity index (χ4n) is 1.16. The number of hydrogen-bond donors (Lipinski definition) is 1. The SMILES string of the molecule is CCN(CC)CC.C[Si](C)(C)Cl.C[Si](C)(C)OCCCCl.OCCCCl. The first kappa shape index (κ1) is 34.7. The molecule has 0 aromatic heterocycles. The van der Waals surface area contributed by atoms with Crippen molar-refractivity contribution in [1.29, 1.82) is 0 Å². The van der Waals surface area contributed by atoms with Gasteiger partial charge in [-0.05, 0) is 52.1 Å². The molecule has 164 valence electrons. The van der Waals surface area contributed by atoms with Gasteiger partial charge in [-0.1, -0.05) is 40.4 Å². The van der Waals surface area contributed by atoms with Crippen molar-refractivity contribution in [3.8, 4) is 0 Å². The normalized spacial score (nSPS) is 10.8. The largest absolute Gasteiger partial charge is 0.418 e. The first-order valence-corrected chi connectivity index (χ1v) is 18.6. The minimum Gasteiger partial charge on any atom is -0.418 e. The molecule has 0 heterocycles. The predicted molar refractivity (Wildman–Crippen MR) is 130 cm³/mol. The van der Waals surface area contributed by atoms with Gasteiger partial charge in [-0.25, -0.2) is 0 Å². The summed E-state index contributed by atoms with van der Waals surface area (Å²) in [7, 11) is -2.39. The molecule has 0 aromatic rings. The first-order valence-electron chi connectivity index (χ1n) is 9.60. The third kappa shape index (κ3) is 63.9. The number of halogens is 3. The molecule has 0 radical (unpaired) electrons. The van der Waals surface area contributed by atoms with Crippen molar-refractivity contribution in [2.45, 2.75) is 72.9 Å². The van der Waals surface area contributed by atoms with Crippen molar-refractivity contribution >= 4 is 50.0 Å². The lowest BCUT2D eigenvalue weighted by atomic mass is 10.5. The van der Waals surface area contributed by atoms with Crippen molar-refractivity contribution in [2.75, 3.05) is 44.6 Å². The summed E-state index contributed by atoms with van der Waals surface area (Å²) in [6.07, 6.45) is 1.69. The molecule has 1 N–H and O–H groups in total. The van der Waals surface area contributed by atoms with Gasteiger partial charge in [-0.15, -0.1) is 23.2 Å². The molecule has 0 aliphatic carbocycles. The lowest BCUT2D eigenvalue weighted by Crippen LogP contribution is -2.25. The maximum absolute atomic E-state index is 7.98. The molecule has 0 rings (SSSR count). The van der Waals surface area contributed by atoms with E-state index >= 15 is 0 Å². The minimum absolute atomic E-state index is 0.212. The van der Waals surface area contributed by atoms with E-state index in [1.165, 1.54) is 19.6 Å². The quantitative estimate of drug-likeness (QED) is 0.181. The van der Waals surface area contributed by atoms with Crippen LogP contribution < -0.4 is 0 Å². The van der Waals surface area contributed by atoms with Crippen LogP contribution in [0.1, 0.15) is 33.6 Å². The van der Waals surface area contributed by atoms with Gasteiger partial charge in [0, 0.05) is 25.0 Å². The van der Waals surface area contributed by atoms with E-state index in [4.69, 9.17) is 43.8 Å². The van der Waals surface area contributed by atoms with Crippen LogP contribution in [0, 0.1) is 0 Å². The highest BCUT2D eigenvalue weighted by molar-refractivity contribution is 7.18. The summed E-state index contributed by atoms with van der Waals surface area (Å²) >= 11 is 16.3. The molecule has 8 heteroatoms. The Morgan fingerprint density at radius 1 is 0.808 bits per heavy atom. The van der Waals surface area contributed by atoms with Crippen LogP contribution in [-0.2, 0) is 4.43 Å². The van der Waals surface area contributed by atoms with Crippen LogP contribution in [0.4, 0.5) is 0 Å². The second-order valence-corrected chi connectivity index (χ2v) is 20.3. The van der Waals surface area contributed by atoms with Crippen molar-refractivity contribution in [2.24, 2.45) is 0 Å². The van der Waals surface area contributed by atoms with E-state index in [0.29, 0.717) is 18.2 Å². The number of aliphatic hydroxyl groups excluding tert-OH is 1. The molecule has 0 fully saturated rings. The summed E-state index contributed by atoms with van der Waals surface area (Å²) in [6, 6.07) is 0. The number of hydrogen-bond acceptors (Lipinski definition) is 3. The van der Waals surface area contributed by atoms with Gasteiger partial charge in [0.05, 0.1) is 0 Å². The van der Waals surface area contributed by atoms with E-state index < -0.39 is 15.7 Å². The summed E-state index contributed by atoms with van der Waals surface area (Å²) in [5.41, 5.74) is 0. The molecular weight excluding hydrogens is 425 g/mol. The zero-order valence-electron chi connectivity index (χ0n) is 18.8. The summed E-state index contributed by atoms with van der Waals surface area (Å²) in [4.78, 5) is 2.38. The van der Waals surface area contributed by atoms with Gasteiger partial charge in [-0.3, -0.25) is 0 Å². The van der Waals surface area contributed by atoms with Crippen LogP contribution in [0.3, 0.4) is 0 Å². The average Bonchev–Trinajstić information content (AvgIpc) is 2.48. The summed E-state index contributed by atoms with van der Waals surface area (Å²) in [6.45, 7) is 24.0. The second-order valence-electron chi connectivity index (χ2n) is 7.46. The molecule has 0 amide bonds. The molecule has 0 spiro atoms. The van der Waals surface area contributed by atoms with E-state index in [9.17, 15) is 0 Å². The van der Waals surface area contributed by atoms with E-state index in [-0.39, 0.29) is 6.61 Å². The Bertz CT molecular complexity index is 234. The van der Waals surface area contributed by atoms with Crippen LogP contribution in [0.2, 0.25) is 39.3 Å². The van der Waals surface area contributed by atoms with Crippen LogP contribution in [0.25, 0.3) is 0 Å². The molecule has 0 aromatic carbocycles. The van der Waals surface area contributed by atoms with E-state index in [0.717, 1.165) is 13.0 Å². The number of aliphatic hydroxyl groups is 1. The molecule has 0 aliphatic heterocycles. The molecule has 26 heavy (non-hydrogen) atoms. The maximum Gasteiger partial charge on any atom is 0.183 e. The maximum atomic E-state index is 7.98. The fraction of sp³-hybridized carbons (Fsp3) is 1.00. The third-order valence-corrected chi connectivity index (χ3v) is 4.05. The predicted octanol–water partition coefficient (Wildman–Crippen LogP) is 6.48.